The molecule has 0 spiro atoms. The Hall–Kier alpha value is -1.51. The predicted octanol–water partition coefficient (Wildman–Crippen LogP) is 2.36. The van der Waals surface area contributed by atoms with Gasteiger partial charge in [-0.05, 0) is 37.5 Å². The predicted molar refractivity (Wildman–Crippen MR) is 116 cm³/mol. The molecule has 26 heavy (non-hydrogen) atoms. The number of phenolic OH excluding ortho intramolecular Hbond substituents is 1. The van der Waals surface area contributed by atoms with E-state index in [0.29, 0.717) is 6.54 Å². The van der Waals surface area contributed by atoms with Crippen LogP contribution < -0.4 is 10.6 Å². The van der Waals surface area contributed by atoms with Crippen LogP contribution in [-0.4, -0.2) is 54.1 Å². The minimum Gasteiger partial charge on any atom is -0.508 e. The summed E-state index contributed by atoms with van der Waals surface area (Å²) in [6, 6.07) is 7.50. The summed E-state index contributed by atoms with van der Waals surface area (Å²) in [6.07, 6.45) is 1.71. The average Bonchev–Trinajstić information content (AvgIpc) is 3.02. The quantitative estimate of drug-likeness (QED) is 0.336. The number of likely N-dealkylation sites (tertiary alicyclic amines) is 1. The summed E-state index contributed by atoms with van der Waals surface area (Å²) in [6.45, 7) is 8.88. The van der Waals surface area contributed by atoms with Crippen LogP contribution in [-0.2, 0) is 11.2 Å². The van der Waals surface area contributed by atoms with E-state index in [1.165, 1.54) is 0 Å². The molecule has 1 aromatic carbocycles. The molecule has 146 valence electrons. The number of hydrogen-bond acceptors (Lipinski definition) is 3. The molecule has 7 heteroatoms. The zero-order valence-electron chi connectivity index (χ0n) is 15.9. The fraction of sp³-hybridized carbons (Fsp3) is 0.579. The van der Waals surface area contributed by atoms with E-state index in [1.807, 2.05) is 37.8 Å². The number of benzene rings is 1. The van der Waals surface area contributed by atoms with Crippen molar-refractivity contribution in [1.82, 2.24) is 15.5 Å². The number of amides is 1. The molecule has 2 rings (SSSR count). The number of nitrogens with zero attached hydrogens (tertiary/aromatic N) is 2. The third kappa shape index (κ3) is 7.01. The molecule has 1 aliphatic rings. The van der Waals surface area contributed by atoms with E-state index in [2.05, 4.69) is 15.6 Å². The lowest BCUT2D eigenvalue weighted by Crippen LogP contribution is -2.45. The normalized spacial score (nSPS) is 17.2. The molecule has 1 unspecified atom stereocenters. The van der Waals surface area contributed by atoms with Crippen molar-refractivity contribution in [3.05, 3.63) is 29.8 Å². The smallest absolute Gasteiger partial charge is 0.225 e. The maximum absolute atomic E-state index is 12.1. The molecule has 1 saturated heterocycles. The van der Waals surface area contributed by atoms with Crippen molar-refractivity contribution in [2.75, 3.05) is 26.2 Å². The van der Waals surface area contributed by atoms with Gasteiger partial charge in [-0.2, -0.15) is 0 Å². The van der Waals surface area contributed by atoms with E-state index in [1.54, 1.807) is 12.1 Å². The summed E-state index contributed by atoms with van der Waals surface area (Å²) in [5, 5.41) is 16.2. The molecule has 0 radical (unpaired) electrons. The van der Waals surface area contributed by atoms with Gasteiger partial charge in [0.15, 0.2) is 5.96 Å². The summed E-state index contributed by atoms with van der Waals surface area (Å²) in [4.78, 5) is 18.6. The summed E-state index contributed by atoms with van der Waals surface area (Å²) >= 11 is 0. The van der Waals surface area contributed by atoms with E-state index in [0.717, 1.165) is 44.0 Å². The van der Waals surface area contributed by atoms with Gasteiger partial charge in [0, 0.05) is 38.1 Å². The molecular formula is C19H31IN4O2. The molecule has 1 atom stereocenters. The van der Waals surface area contributed by atoms with E-state index in [-0.39, 0.29) is 47.6 Å². The third-order valence-corrected chi connectivity index (χ3v) is 4.26. The Morgan fingerprint density at radius 3 is 2.85 bits per heavy atom. The van der Waals surface area contributed by atoms with E-state index >= 15 is 0 Å². The van der Waals surface area contributed by atoms with Gasteiger partial charge in [-0.15, -0.1) is 24.0 Å². The number of carbonyl (C=O) groups excluding carboxylic acids is 1. The van der Waals surface area contributed by atoms with Gasteiger partial charge in [0.1, 0.15) is 5.75 Å². The maximum Gasteiger partial charge on any atom is 0.225 e. The van der Waals surface area contributed by atoms with Crippen molar-refractivity contribution in [3.8, 4) is 5.75 Å². The average molecular weight is 474 g/mol. The van der Waals surface area contributed by atoms with Crippen LogP contribution in [0.2, 0.25) is 0 Å². The van der Waals surface area contributed by atoms with Crippen LogP contribution in [0.1, 0.15) is 32.8 Å². The highest BCUT2D eigenvalue weighted by Crippen LogP contribution is 2.13. The molecule has 6 nitrogen and oxygen atoms in total. The van der Waals surface area contributed by atoms with Crippen LogP contribution >= 0.6 is 24.0 Å². The lowest BCUT2D eigenvalue weighted by atomic mass is 10.1. The van der Waals surface area contributed by atoms with E-state index < -0.39 is 0 Å². The number of guanidine groups is 1. The van der Waals surface area contributed by atoms with Gasteiger partial charge in [-0.25, -0.2) is 0 Å². The fourth-order valence-electron chi connectivity index (χ4n) is 2.97. The molecule has 0 aromatic heterocycles. The van der Waals surface area contributed by atoms with Crippen LogP contribution in [0.25, 0.3) is 0 Å². The van der Waals surface area contributed by atoms with Gasteiger partial charge in [-0.1, -0.05) is 26.0 Å². The van der Waals surface area contributed by atoms with Gasteiger partial charge in [-0.3, -0.25) is 9.79 Å². The SMILES string of the molecule is CCNC(=NCCc1cccc(O)c1)NC1CCN(C(=O)C(C)C)C1.I. The Labute approximate surface area is 173 Å². The zero-order valence-corrected chi connectivity index (χ0v) is 18.2. The minimum absolute atomic E-state index is 0. The number of aliphatic imine (C=N–C) groups is 1. The summed E-state index contributed by atoms with van der Waals surface area (Å²) in [5.74, 6) is 1.33. The molecule has 1 aliphatic heterocycles. The molecule has 1 heterocycles. The number of rotatable bonds is 6. The molecule has 1 amide bonds. The second kappa shape index (κ2) is 11.3. The first-order valence-electron chi connectivity index (χ1n) is 9.11. The van der Waals surface area contributed by atoms with Gasteiger partial charge < -0.3 is 20.6 Å². The van der Waals surface area contributed by atoms with Crippen molar-refractivity contribution in [3.63, 3.8) is 0 Å². The first kappa shape index (κ1) is 22.5. The molecule has 0 saturated carbocycles. The van der Waals surface area contributed by atoms with Crippen LogP contribution in [0.5, 0.6) is 5.75 Å². The number of nitrogens with one attached hydrogen (secondary N) is 2. The highest BCUT2D eigenvalue weighted by atomic mass is 127. The Morgan fingerprint density at radius 1 is 1.42 bits per heavy atom. The molecule has 0 aliphatic carbocycles. The van der Waals surface area contributed by atoms with Crippen LogP contribution in [0.15, 0.2) is 29.3 Å². The van der Waals surface area contributed by atoms with Crippen LogP contribution in [0.4, 0.5) is 0 Å². The monoisotopic (exact) mass is 474 g/mol. The Bertz CT molecular complexity index is 607. The highest BCUT2D eigenvalue weighted by molar-refractivity contribution is 14.0. The lowest BCUT2D eigenvalue weighted by Gasteiger charge is -2.20. The van der Waals surface area contributed by atoms with Crippen molar-refractivity contribution in [1.29, 1.82) is 0 Å². The largest absolute Gasteiger partial charge is 0.508 e. The number of halogens is 1. The van der Waals surface area contributed by atoms with Gasteiger partial charge in [0.25, 0.3) is 0 Å². The van der Waals surface area contributed by atoms with Crippen molar-refractivity contribution >= 4 is 35.8 Å². The molecule has 0 bridgehead atoms. The molecule has 1 fully saturated rings. The van der Waals surface area contributed by atoms with Crippen LogP contribution in [0.3, 0.4) is 0 Å². The zero-order chi connectivity index (χ0) is 18.2. The minimum atomic E-state index is 0. The standard InChI is InChI=1S/C19H30N4O2.HI/c1-4-20-19(21-10-8-15-6-5-7-17(24)12-15)22-16-9-11-23(13-16)18(25)14(2)3;/h5-7,12,14,16,24H,4,8-11,13H2,1-3H3,(H2,20,21,22);1H. The van der Waals surface area contributed by atoms with Crippen molar-refractivity contribution in [2.45, 2.75) is 39.7 Å². The second-order valence-corrected chi connectivity index (χ2v) is 6.75. The highest BCUT2D eigenvalue weighted by Gasteiger charge is 2.27. The molecular weight excluding hydrogens is 443 g/mol. The summed E-state index contributed by atoms with van der Waals surface area (Å²) < 4.78 is 0. The first-order chi connectivity index (χ1) is 12.0. The number of aromatic hydroxyl groups is 1. The van der Waals surface area contributed by atoms with Crippen LogP contribution in [0, 0.1) is 5.92 Å². The maximum atomic E-state index is 12.1. The molecule has 3 N–H and O–H groups in total. The topological polar surface area (TPSA) is 77.0 Å². The fourth-order valence-corrected chi connectivity index (χ4v) is 2.97. The summed E-state index contributed by atoms with van der Waals surface area (Å²) in [5.41, 5.74) is 1.06. The number of phenols is 1. The summed E-state index contributed by atoms with van der Waals surface area (Å²) in [7, 11) is 0. The van der Waals surface area contributed by atoms with Gasteiger partial charge in [0.05, 0.1) is 0 Å². The van der Waals surface area contributed by atoms with E-state index in [9.17, 15) is 9.90 Å². The lowest BCUT2D eigenvalue weighted by molar-refractivity contribution is -0.133. The van der Waals surface area contributed by atoms with Gasteiger partial charge >= 0.3 is 0 Å². The Morgan fingerprint density at radius 2 is 2.19 bits per heavy atom. The first-order valence-corrected chi connectivity index (χ1v) is 9.11. The van der Waals surface area contributed by atoms with E-state index in [4.69, 9.17) is 0 Å². The second-order valence-electron chi connectivity index (χ2n) is 6.75. The Kier molecular flexibility index (Phi) is 9.75. The van der Waals surface area contributed by atoms with Crippen molar-refractivity contribution < 1.29 is 9.90 Å². The van der Waals surface area contributed by atoms with Gasteiger partial charge in [0.2, 0.25) is 5.91 Å². The number of carbonyl (C=O) groups is 1. The third-order valence-electron chi connectivity index (χ3n) is 4.26. The Balaban J connectivity index is 0.00000338. The number of hydrogen-bond donors (Lipinski definition) is 3. The van der Waals surface area contributed by atoms with Crippen molar-refractivity contribution in [2.24, 2.45) is 10.9 Å². The molecule has 1 aromatic rings.